The maximum atomic E-state index is 12.2. The summed E-state index contributed by atoms with van der Waals surface area (Å²) in [5.41, 5.74) is 7.00. The third-order valence-electron chi connectivity index (χ3n) is 3.84. The van der Waals surface area contributed by atoms with Crippen molar-refractivity contribution in [3.8, 4) is 0 Å². The molecule has 1 amide bonds. The number of carbonyl (C=O) groups is 1. The molecule has 0 spiro atoms. The van der Waals surface area contributed by atoms with Gasteiger partial charge in [0.2, 0.25) is 5.91 Å². The van der Waals surface area contributed by atoms with Crippen molar-refractivity contribution in [2.45, 2.75) is 25.0 Å². The molecular weight excluding hydrogens is 240 g/mol. The summed E-state index contributed by atoms with van der Waals surface area (Å²) in [6, 6.07) is 9.54. The summed E-state index contributed by atoms with van der Waals surface area (Å²) in [5.74, 6) is 0.705. The molecule has 1 saturated heterocycles. The van der Waals surface area contributed by atoms with E-state index in [4.69, 9.17) is 10.5 Å². The monoisotopic (exact) mass is 260 g/mol. The van der Waals surface area contributed by atoms with Gasteiger partial charge in [-0.3, -0.25) is 4.79 Å². The summed E-state index contributed by atoms with van der Waals surface area (Å²) in [6.45, 7) is 1.76. The van der Waals surface area contributed by atoms with Crippen molar-refractivity contribution in [1.29, 1.82) is 0 Å². The molecule has 1 aromatic rings. The van der Waals surface area contributed by atoms with E-state index in [2.05, 4.69) is 0 Å². The standard InChI is InChI=1S/C15H20N2O2/c16-13-10-19-14(12-4-2-1-3-5-12)9-17(15(13)18)8-11-6-7-11/h1-5,11,13-14H,6-10,16H2/t13-,14-/m0/s1. The first-order valence-electron chi connectivity index (χ1n) is 6.95. The van der Waals surface area contributed by atoms with Crippen LogP contribution >= 0.6 is 0 Å². The van der Waals surface area contributed by atoms with Gasteiger partial charge >= 0.3 is 0 Å². The number of nitrogens with two attached hydrogens (primary N) is 1. The number of hydrogen-bond donors (Lipinski definition) is 1. The summed E-state index contributed by atoms with van der Waals surface area (Å²) in [7, 11) is 0. The third kappa shape index (κ3) is 2.96. The summed E-state index contributed by atoms with van der Waals surface area (Å²) in [5, 5.41) is 0. The minimum absolute atomic E-state index is 0.0327. The molecule has 19 heavy (non-hydrogen) atoms. The fourth-order valence-corrected chi connectivity index (χ4v) is 2.51. The Morgan fingerprint density at radius 1 is 1.26 bits per heavy atom. The summed E-state index contributed by atoms with van der Waals surface area (Å²) < 4.78 is 5.82. The lowest BCUT2D eigenvalue weighted by atomic mass is 10.1. The Morgan fingerprint density at radius 2 is 2.00 bits per heavy atom. The van der Waals surface area contributed by atoms with E-state index in [1.165, 1.54) is 12.8 Å². The van der Waals surface area contributed by atoms with Crippen molar-refractivity contribution in [2.75, 3.05) is 19.7 Å². The van der Waals surface area contributed by atoms with Crippen molar-refractivity contribution in [3.63, 3.8) is 0 Å². The first kappa shape index (κ1) is 12.6. The molecular formula is C15H20N2O2. The predicted octanol–water partition coefficient (Wildman–Crippen LogP) is 1.32. The average Bonchev–Trinajstić information content (AvgIpc) is 3.26. The highest BCUT2D eigenvalue weighted by atomic mass is 16.5. The molecule has 2 aliphatic rings. The van der Waals surface area contributed by atoms with Crippen LogP contribution in [-0.4, -0.2) is 36.5 Å². The van der Waals surface area contributed by atoms with E-state index in [1.807, 2.05) is 35.2 Å². The van der Waals surface area contributed by atoms with Crippen LogP contribution < -0.4 is 5.73 Å². The van der Waals surface area contributed by atoms with Gasteiger partial charge in [-0.1, -0.05) is 30.3 Å². The Bertz CT molecular complexity index is 445. The van der Waals surface area contributed by atoms with Crippen molar-refractivity contribution < 1.29 is 9.53 Å². The lowest BCUT2D eigenvalue weighted by Gasteiger charge is -2.24. The topological polar surface area (TPSA) is 55.6 Å². The van der Waals surface area contributed by atoms with Gasteiger partial charge in [0.15, 0.2) is 0 Å². The van der Waals surface area contributed by atoms with Crippen LogP contribution in [0.25, 0.3) is 0 Å². The first-order valence-corrected chi connectivity index (χ1v) is 6.95. The SMILES string of the molecule is N[C@H]1CO[C@H](c2ccccc2)CN(CC2CC2)C1=O. The lowest BCUT2D eigenvalue weighted by molar-refractivity contribution is -0.132. The fourth-order valence-electron chi connectivity index (χ4n) is 2.51. The van der Waals surface area contributed by atoms with Gasteiger partial charge in [0.1, 0.15) is 12.1 Å². The maximum Gasteiger partial charge on any atom is 0.241 e. The average molecular weight is 260 g/mol. The zero-order chi connectivity index (χ0) is 13.2. The van der Waals surface area contributed by atoms with Gasteiger partial charge in [-0.2, -0.15) is 0 Å². The highest BCUT2D eigenvalue weighted by molar-refractivity contribution is 5.82. The van der Waals surface area contributed by atoms with Gasteiger partial charge in [-0.15, -0.1) is 0 Å². The number of hydrogen-bond acceptors (Lipinski definition) is 3. The van der Waals surface area contributed by atoms with Gasteiger partial charge in [0.25, 0.3) is 0 Å². The van der Waals surface area contributed by atoms with E-state index in [1.54, 1.807) is 0 Å². The van der Waals surface area contributed by atoms with Crippen LogP contribution in [0, 0.1) is 5.92 Å². The maximum absolute atomic E-state index is 12.2. The minimum Gasteiger partial charge on any atom is -0.370 e. The van der Waals surface area contributed by atoms with E-state index in [0.717, 1.165) is 12.1 Å². The molecule has 2 N–H and O–H groups in total. The Morgan fingerprint density at radius 3 is 2.68 bits per heavy atom. The third-order valence-corrected chi connectivity index (χ3v) is 3.84. The molecule has 102 valence electrons. The van der Waals surface area contributed by atoms with Gasteiger partial charge in [0, 0.05) is 6.54 Å². The predicted molar refractivity (Wildman–Crippen MR) is 72.4 cm³/mol. The second-order valence-corrected chi connectivity index (χ2v) is 5.53. The Balaban J connectivity index is 1.76. The second kappa shape index (κ2) is 5.31. The van der Waals surface area contributed by atoms with Crippen LogP contribution in [0.3, 0.4) is 0 Å². The molecule has 0 aromatic heterocycles. The number of benzene rings is 1. The number of rotatable bonds is 3. The van der Waals surface area contributed by atoms with Crippen molar-refractivity contribution in [3.05, 3.63) is 35.9 Å². The van der Waals surface area contributed by atoms with E-state index in [0.29, 0.717) is 19.1 Å². The summed E-state index contributed by atoms with van der Waals surface area (Å²) >= 11 is 0. The normalized spacial score (nSPS) is 28.3. The van der Waals surface area contributed by atoms with Crippen molar-refractivity contribution in [1.82, 2.24) is 4.90 Å². The minimum atomic E-state index is -0.521. The smallest absolute Gasteiger partial charge is 0.241 e. The van der Waals surface area contributed by atoms with Crippen LogP contribution in [0.4, 0.5) is 0 Å². The van der Waals surface area contributed by atoms with Crippen LogP contribution in [0.15, 0.2) is 30.3 Å². The van der Waals surface area contributed by atoms with Gasteiger partial charge in [-0.25, -0.2) is 0 Å². The molecule has 2 fully saturated rings. The number of ether oxygens (including phenoxy) is 1. The molecule has 4 nitrogen and oxygen atoms in total. The molecule has 1 heterocycles. The molecule has 0 bridgehead atoms. The van der Waals surface area contributed by atoms with Gasteiger partial charge in [0.05, 0.1) is 13.2 Å². The Hall–Kier alpha value is -1.39. The van der Waals surface area contributed by atoms with Gasteiger partial charge < -0.3 is 15.4 Å². The second-order valence-electron chi connectivity index (χ2n) is 5.53. The van der Waals surface area contributed by atoms with Gasteiger partial charge in [-0.05, 0) is 24.3 Å². The van der Waals surface area contributed by atoms with E-state index >= 15 is 0 Å². The zero-order valence-electron chi connectivity index (χ0n) is 11.0. The number of nitrogens with zero attached hydrogens (tertiary/aromatic N) is 1. The van der Waals surface area contributed by atoms with Crippen LogP contribution in [0.1, 0.15) is 24.5 Å². The van der Waals surface area contributed by atoms with Crippen molar-refractivity contribution >= 4 is 5.91 Å². The van der Waals surface area contributed by atoms with Crippen LogP contribution in [-0.2, 0) is 9.53 Å². The number of amides is 1. The van der Waals surface area contributed by atoms with Crippen LogP contribution in [0.2, 0.25) is 0 Å². The van der Waals surface area contributed by atoms with E-state index in [-0.39, 0.29) is 12.0 Å². The fraction of sp³-hybridized carbons (Fsp3) is 0.533. The van der Waals surface area contributed by atoms with Crippen molar-refractivity contribution in [2.24, 2.45) is 11.7 Å². The molecule has 1 aliphatic carbocycles. The molecule has 3 rings (SSSR count). The zero-order valence-corrected chi connectivity index (χ0v) is 11.0. The molecule has 0 unspecified atom stereocenters. The quantitative estimate of drug-likeness (QED) is 0.892. The molecule has 0 radical (unpaired) electrons. The Labute approximate surface area is 113 Å². The molecule has 1 aromatic carbocycles. The molecule has 1 saturated carbocycles. The molecule has 2 atom stereocenters. The number of carbonyl (C=O) groups excluding carboxylic acids is 1. The lowest BCUT2D eigenvalue weighted by Crippen LogP contribution is -2.45. The van der Waals surface area contributed by atoms with E-state index in [9.17, 15) is 4.79 Å². The first-order chi connectivity index (χ1) is 9.24. The Kier molecular flexibility index (Phi) is 3.53. The highest BCUT2D eigenvalue weighted by Crippen LogP contribution is 2.31. The molecule has 4 heteroatoms. The van der Waals surface area contributed by atoms with E-state index < -0.39 is 6.04 Å². The largest absolute Gasteiger partial charge is 0.370 e. The highest BCUT2D eigenvalue weighted by Gasteiger charge is 2.33. The van der Waals surface area contributed by atoms with Crippen LogP contribution in [0.5, 0.6) is 0 Å². The molecule has 1 aliphatic heterocycles. The summed E-state index contributed by atoms with van der Waals surface area (Å²) in [4.78, 5) is 14.1. The summed E-state index contributed by atoms with van der Waals surface area (Å²) in [6.07, 6.45) is 2.41.